The molecule has 0 saturated carbocycles. The molecule has 0 radical (unpaired) electrons. The van der Waals surface area contributed by atoms with Gasteiger partial charge in [-0.3, -0.25) is 4.79 Å². The van der Waals surface area contributed by atoms with Crippen LogP contribution in [0.25, 0.3) is 11.0 Å². The fourth-order valence-corrected chi connectivity index (χ4v) is 1.80. The van der Waals surface area contributed by atoms with Crippen molar-refractivity contribution in [2.45, 2.75) is 13.5 Å². The second-order valence-electron chi connectivity index (χ2n) is 4.43. The Morgan fingerprint density at radius 2 is 2.05 bits per heavy atom. The molecule has 0 aliphatic rings. The van der Waals surface area contributed by atoms with Gasteiger partial charge in [0.25, 0.3) is 0 Å². The van der Waals surface area contributed by atoms with E-state index in [1.807, 2.05) is 42.8 Å². The van der Waals surface area contributed by atoms with Crippen LogP contribution in [0.5, 0.6) is 0 Å². The highest BCUT2D eigenvalue weighted by Gasteiger charge is 2.12. The number of para-hydroxylation sites is 2. The molecule has 3 N–H and O–H groups in total. The number of carbonyl (C=O) groups is 1. The molecule has 0 aliphatic heterocycles. The smallest absolute Gasteiger partial charge is 0.224 e. The van der Waals surface area contributed by atoms with E-state index in [2.05, 4.69) is 10.3 Å². The molecule has 2 rings (SSSR count). The summed E-state index contributed by atoms with van der Waals surface area (Å²) in [5.74, 6) is 0.637. The number of nitrogens with zero attached hydrogens (tertiary/aromatic N) is 2. The summed E-state index contributed by atoms with van der Waals surface area (Å²) in [5.41, 5.74) is 7.46. The van der Waals surface area contributed by atoms with E-state index >= 15 is 0 Å². The Balaban J connectivity index is 0.00000180. The summed E-state index contributed by atoms with van der Waals surface area (Å²) >= 11 is 0. The van der Waals surface area contributed by atoms with Crippen LogP contribution in [0.4, 0.5) is 0 Å². The standard InChI is InChI=1S/C13H18N4O.2ClH/c1-9(7-14)13(18)15-8-12-16-10-5-3-4-6-11(10)17(12)2;;/h3-6,9H,7-8,14H2,1-2H3,(H,15,18);2*1H. The van der Waals surface area contributed by atoms with E-state index < -0.39 is 0 Å². The highest BCUT2D eigenvalue weighted by Crippen LogP contribution is 2.13. The van der Waals surface area contributed by atoms with Gasteiger partial charge < -0.3 is 15.6 Å². The summed E-state index contributed by atoms with van der Waals surface area (Å²) in [6.07, 6.45) is 0. The highest BCUT2D eigenvalue weighted by molar-refractivity contribution is 5.85. The number of benzene rings is 1. The zero-order valence-electron chi connectivity index (χ0n) is 11.5. The molecular weight excluding hydrogens is 299 g/mol. The van der Waals surface area contributed by atoms with Crippen LogP contribution >= 0.6 is 24.8 Å². The van der Waals surface area contributed by atoms with Crippen LogP contribution < -0.4 is 11.1 Å². The number of imidazole rings is 1. The molecule has 112 valence electrons. The van der Waals surface area contributed by atoms with Gasteiger partial charge in [-0.15, -0.1) is 24.8 Å². The molecule has 1 unspecified atom stereocenters. The largest absolute Gasteiger partial charge is 0.349 e. The Hall–Kier alpha value is -1.30. The Labute approximate surface area is 130 Å². The fraction of sp³-hybridized carbons (Fsp3) is 0.385. The van der Waals surface area contributed by atoms with Crippen LogP contribution in [0.3, 0.4) is 0 Å². The summed E-state index contributed by atoms with van der Waals surface area (Å²) in [7, 11) is 1.95. The van der Waals surface area contributed by atoms with Crippen molar-refractivity contribution in [3.63, 3.8) is 0 Å². The summed E-state index contributed by atoms with van der Waals surface area (Å²) in [6, 6.07) is 7.90. The number of aromatic nitrogens is 2. The predicted molar refractivity (Wildman–Crippen MR) is 85.3 cm³/mol. The zero-order chi connectivity index (χ0) is 13.1. The molecule has 1 amide bonds. The van der Waals surface area contributed by atoms with Crippen molar-refractivity contribution in [2.24, 2.45) is 18.7 Å². The van der Waals surface area contributed by atoms with Crippen LogP contribution in [0, 0.1) is 5.92 Å². The minimum atomic E-state index is -0.167. The Morgan fingerprint density at radius 3 is 2.65 bits per heavy atom. The van der Waals surface area contributed by atoms with Crippen molar-refractivity contribution >= 4 is 41.8 Å². The first kappa shape index (κ1) is 18.7. The van der Waals surface area contributed by atoms with Crippen molar-refractivity contribution in [1.82, 2.24) is 14.9 Å². The van der Waals surface area contributed by atoms with Gasteiger partial charge in [0.2, 0.25) is 5.91 Å². The van der Waals surface area contributed by atoms with Gasteiger partial charge in [-0.1, -0.05) is 19.1 Å². The van der Waals surface area contributed by atoms with Crippen molar-refractivity contribution < 1.29 is 4.79 Å². The summed E-state index contributed by atoms with van der Waals surface area (Å²) in [4.78, 5) is 16.1. The molecule has 1 aromatic heterocycles. The first-order chi connectivity index (χ1) is 8.63. The number of amides is 1. The van der Waals surface area contributed by atoms with Crippen molar-refractivity contribution in [1.29, 1.82) is 0 Å². The molecule has 20 heavy (non-hydrogen) atoms. The Bertz CT molecular complexity index is 570. The number of fused-ring (bicyclic) bond motifs is 1. The van der Waals surface area contributed by atoms with Crippen LogP contribution in [0.2, 0.25) is 0 Å². The van der Waals surface area contributed by atoms with Gasteiger partial charge in [0.1, 0.15) is 5.82 Å². The quantitative estimate of drug-likeness (QED) is 0.899. The lowest BCUT2D eigenvalue weighted by molar-refractivity contribution is -0.124. The molecule has 1 atom stereocenters. The fourth-order valence-electron chi connectivity index (χ4n) is 1.80. The average molecular weight is 319 g/mol. The number of rotatable bonds is 4. The Morgan fingerprint density at radius 1 is 1.40 bits per heavy atom. The average Bonchev–Trinajstić information content (AvgIpc) is 2.72. The van der Waals surface area contributed by atoms with Crippen LogP contribution in [0.1, 0.15) is 12.7 Å². The number of hydrogen-bond acceptors (Lipinski definition) is 3. The van der Waals surface area contributed by atoms with Crippen molar-refractivity contribution in [2.75, 3.05) is 6.54 Å². The summed E-state index contributed by atoms with van der Waals surface area (Å²) in [6.45, 7) is 2.59. The number of hydrogen-bond donors (Lipinski definition) is 2. The minimum Gasteiger partial charge on any atom is -0.349 e. The molecule has 1 heterocycles. The normalized spacial score (nSPS) is 11.3. The van der Waals surface area contributed by atoms with E-state index in [9.17, 15) is 4.79 Å². The third-order valence-corrected chi connectivity index (χ3v) is 3.10. The minimum absolute atomic E-state index is 0. The van der Waals surface area contributed by atoms with Gasteiger partial charge in [-0.05, 0) is 12.1 Å². The van der Waals surface area contributed by atoms with Crippen LogP contribution in [-0.4, -0.2) is 22.0 Å². The second-order valence-corrected chi connectivity index (χ2v) is 4.43. The maximum absolute atomic E-state index is 11.6. The summed E-state index contributed by atoms with van der Waals surface area (Å²) < 4.78 is 1.99. The van der Waals surface area contributed by atoms with Crippen LogP contribution in [0.15, 0.2) is 24.3 Å². The molecule has 0 saturated heterocycles. The van der Waals surface area contributed by atoms with Gasteiger partial charge in [0.05, 0.1) is 17.6 Å². The number of nitrogens with one attached hydrogen (secondary N) is 1. The van der Waals surface area contributed by atoms with E-state index in [1.54, 1.807) is 0 Å². The number of nitrogens with two attached hydrogens (primary N) is 1. The van der Waals surface area contributed by atoms with Crippen molar-refractivity contribution in [3.05, 3.63) is 30.1 Å². The molecule has 0 bridgehead atoms. The van der Waals surface area contributed by atoms with E-state index in [-0.39, 0.29) is 36.6 Å². The van der Waals surface area contributed by atoms with Gasteiger partial charge in [-0.25, -0.2) is 4.98 Å². The monoisotopic (exact) mass is 318 g/mol. The lowest BCUT2D eigenvalue weighted by Gasteiger charge is -2.09. The van der Waals surface area contributed by atoms with Gasteiger partial charge in [0, 0.05) is 19.5 Å². The predicted octanol–water partition coefficient (Wildman–Crippen LogP) is 1.63. The van der Waals surface area contributed by atoms with Crippen molar-refractivity contribution in [3.8, 4) is 0 Å². The lowest BCUT2D eigenvalue weighted by Crippen LogP contribution is -2.33. The third kappa shape index (κ3) is 3.85. The zero-order valence-corrected chi connectivity index (χ0v) is 13.1. The van der Waals surface area contributed by atoms with E-state index in [0.717, 1.165) is 16.9 Å². The van der Waals surface area contributed by atoms with Gasteiger partial charge in [0.15, 0.2) is 0 Å². The molecule has 0 fully saturated rings. The maximum atomic E-state index is 11.6. The molecule has 2 aromatic rings. The molecule has 1 aromatic carbocycles. The van der Waals surface area contributed by atoms with E-state index in [0.29, 0.717) is 13.1 Å². The first-order valence-electron chi connectivity index (χ1n) is 6.01. The summed E-state index contributed by atoms with van der Waals surface area (Å²) in [5, 5.41) is 2.85. The molecular formula is C13H20Cl2N4O. The first-order valence-corrected chi connectivity index (χ1v) is 6.01. The molecule has 0 spiro atoms. The second kappa shape index (κ2) is 8.09. The van der Waals surface area contributed by atoms with Crippen LogP contribution in [-0.2, 0) is 18.4 Å². The van der Waals surface area contributed by atoms with Gasteiger partial charge in [-0.2, -0.15) is 0 Å². The third-order valence-electron chi connectivity index (χ3n) is 3.10. The number of aryl methyl sites for hydroxylation is 1. The number of halogens is 2. The van der Waals surface area contributed by atoms with E-state index in [4.69, 9.17) is 5.73 Å². The highest BCUT2D eigenvalue weighted by atomic mass is 35.5. The SMILES string of the molecule is CC(CN)C(=O)NCc1nc2ccccc2n1C.Cl.Cl. The molecule has 5 nitrogen and oxygen atoms in total. The lowest BCUT2D eigenvalue weighted by atomic mass is 10.2. The molecule has 7 heteroatoms. The number of carbonyl (C=O) groups excluding carboxylic acids is 1. The molecule has 0 aliphatic carbocycles. The Kier molecular flexibility index (Phi) is 7.57. The van der Waals surface area contributed by atoms with E-state index in [1.165, 1.54) is 0 Å². The van der Waals surface area contributed by atoms with Gasteiger partial charge >= 0.3 is 0 Å². The maximum Gasteiger partial charge on any atom is 0.224 e. The topological polar surface area (TPSA) is 72.9 Å².